The number of nitrogens with zero attached hydrogens (tertiary/aromatic N) is 2. The lowest BCUT2D eigenvalue weighted by Gasteiger charge is -2.37. The molecule has 1 atom stereocenters. The minimum absolute atomic E-state index is 0.00860. The summed E-state index contributed by atoms with van der Waals surface area (Å²) in [6.07, 6.45) is 3.42. The third-order valence-corrected chi connectivity index (χ3v) is 5.43. The number of methoxy groups -OCH3 is 1. The number of urea groups is 1. The van der Waals surface area contributed by atoms with Crippen molar-refractivity contribution in [1.82, 2.24) is 15.1 Å². The van der Waals surface area contributed by atoms with Gasteiger partial charge in [-0.3, -0.25) is 9.80 Å². The Bertz CT molecular complexity index is 802. The van der Waals surface area contributed by atoms with Gasteiger partial charge in [0, 0.05) is 19.3 Å². The molecule has 29 heavy (non-hydrogen) atoms. The van der Waals surface area contributed by atoms with Gasteiger partial charge in [-0.25, -0.2) is 9.59 Å². The molecular weight excluding hydrogens is 374 g/mol. The molecule has 8 heteroatoms. The van der Waals surface area contributed by atoms with Crippen molar-refractivity contribution in [2.75, 3.05) is 40.4 Å². The molecule has 1 unspecified atom stereocenters. The van der Waals surface area contributed by atoms with Gasteiger partial charge in [-0.1, -0.05) is 12.5 Å². The molecule has 0 aromatic heterocycles. The second kappa shape index (κ2) is 9.17. The van der Waals surface area contributed by atoms with Crippen LogP contribution >= 0.6 is 0 Å². The Labute approximate surface area is 171 Å². The van der Waals surface area contributed by atoms with Crippen molar-refractivity contribution in [2.24, 2.45) is 0 Å². The average molecular weight is 403 g/mol. The summed E-state index contributed by atoms with van der Waals surface area (Å²) in [6, 6.07) is 3.81. The summed E-state index contributed by atoms with van der Waals surface area (Å²) in [4.78, 5) is 29.4. The van der Waals surface area contributed by atoms with Gasteiger partial charge < -0.3 is 19.9 Å². The second-order valence-electron chi connectivity index (χ2n) is 7.29. The first-order chi connectivity index (χ1) is 14.0. The molecule has 2 aliphatic rings. The lowest BCUT2D eigenvalue weighted by Crippen LogP contribution is -2.49. The van der Waals surface area contributed by atoms with Crippen molar-refractivity contribution in [3.05, 3.63) is 35.0 Å². The van der Waals surface area contributed by atoms with Gasteiger partial charge in [-0.2, -0.15) is 0 Å². The molecule has 0 aliphatic carbocycles. The molecular formula is C21H29N3O5. The van der Waals surface area contributed by atoms with Crippen LogP contribution in [-0.2, 0) is 9.53 Å². The molecule has 1 saturated heterocycles. The number of benzene rings is 1. The number of aromatic hydroxyl groups is 1. The van der Waals surface area contributed by atoms with Gasteiger partial charge in [-0.15, -0.1) is 0 Å². The molecule has 0 radical (unpaired) electrons. The van der Waals surface area contributed by atoms with Crippen LogP contribution in [0.2, 0.25) is 0 Å². The molecule has 8 nitrogen and oxygen atoms in total. The molecule has 0 saturated carbocycles. The van der Waals surface area contributed by atoms with Gasteiger partial charge in [-0.05, 0) is 50.6 Å². The van der Waals surface area contributed by atoms with E-state index in [1.165, 1.54) is 24.5 Å². The Morgan fingerprint density at radius 3 is 2.66 bits per heavy atom. The predicted molar refractivity (Wildman–Crippen MR) is 108 cm³/mol. The van der Waals surface area contributed by atoms with Gasteiger partial charge >= 0.3 is 12.0 Å². The first-order valence-electron chi connectivity index (χ1n) is 9.99. The van der Waals surface area contributed by atoms with E-state index >= 15 is 0 Å². The van der Waals surface area contributed by atoms with Gasteiger partial charge in [0.1, 0.15) is 0 Å². The number of phenols is 1. The number of carbonyl (C=O) groups excluding carboxylic acids is 2. The van der Waals surface area contributed by atoms with Crippen molar-refractivity contribution < 1.29 is 24.2 Å². The normalized spacial score (nSPS) is 20.4. The number of phenolic OH excluding ortho intramolecular Hbond substituents is 1. The predicted octanol–water partition coefficient (Wildman–Crippen LogP) is 2.40. The Morgan fingerprint density at radius 2 is 2.00 bits per heavy atom. The highest BCUT2D eigenvalue weighted by molar-refractivity contribution is 5.95. The summed E-state index contributed by atoms with van der Waals surface area (Å²) in [7, 11) is 3.12. The maximum atomic E-state index is 13.0. The fourth-order valence-electron chi connectivity index (χ4n) is 3.85. The summed E-state index contributed by atoms with van der Waals surface area (Å²) < 4.78 is 10.5. The average Bonchev–Trinajstić information content (AvgIpc) is 2.72. The Hall–Kier alpha value is -2.74. The van der Waals surface area contributed by atoms with E-state index in [0.717, 1.165) is 25.9 Å². The highest BCUT2D eigenvalue weighted by Crippen LogP contribution is 2.35. The number of likely N-dealkylation sites (N-methyl/N-ethyl adjacent to an activating group) is 1. The van der Waals surface area contributed by atoms with Gasteiger partial charge in [0.2, 0.25) is 0 Å². The molecule has 0 bridgehead atoms. The standard InChI is InChI=1S/C21H29N3O5/c1-4-29-20(26)18-15(13-24-10-6-5-7-11-24)23(2)21(27)22-19(18)14-8-9-16(25)17(12-14)28-3/h8-9,12,19,25H,4-7,10-11,13H2,1-3H3,(H,22,27). The van der Waals surface area contributed by atoms with Gasteiger partial charge in [0.05, 0.1) is 25.3 Å². The summed E-state index contributed by atoms with van der Waals surface area (Å²) in [5.74, 6) is -0.189. The Kier molecular flexibility index (Phi) is 6.64. The van der Waals surface area contributed by atoms with E-state index in [2.05, 4.69) is 10.2 Å². The van der Waals surface area contributed by atoms with Gasteiger partial charge in [0.15, 0.2) is 11.5 Å². The molecule has 0 spiro atoms. The molecule has 3 rings (SSSR count). The third-order valence-electron chi connectivity index (χ3n) is 5.43. The van der Waals surface area contributed by atoms with Crippen LogP contribution in [0.5, 0.6) is 11.5 Å². The zero-order valence-corrected chi connectivity index (χ0v) is 17.2. The van der Waals surface area contributed by atoms with Crippen molar-refractivity contribution in [2.45, 2.75) is 32.2 Å². The van der Waals surface area contributed by atoms with Crippen molar-refractivity contribution >= 4 is 12.0 Å². The summed E-state index contributed by atoms with van der Waals surface area (Å²) in [5.41, 5.74) is 1.69. The number of nitrogens with one attached hydrogen (secondary N) is 1. The van der Waals surface area contributed by atoms with Crippen LogP contribution in [0.1, 0.15) is 37.8 Å². The smallest absolute Gasteiger partial charge is 0.338 e. The zero-order valence-electron chi connectivity index (χ0n) is 17.2. The topological polar surface area (TPSA) is 91.3 Å². The van der Waals surface area contributed by atoms with Crippen molar-refractivity contribution in [1.29, 1.82) is 0 Å². The van der Waals surface area contributed by atoms with E-state index in [1.807, 2.05) is 0 Å². The van der Waals surface area contributed by atoms with Crippen molar-refractivity contribution in [3.8, 4) is 11.5 Å². The van der Waals surface area contributed by atoms with Crippen LogP contribution in [0.25, 0.3) is 0 Å². The zero-order chi connectivity index (χ0) is 21.0. The quantitative estimate of drug-likeness (QED) is 0.709. The van der Waals surface area contributed by atoms with Crippen LogP contribution < -0.4 is 10.1 Å². The first-order valence-corrected chi connectivity index (χ1v) is 9.99. The first kappa shape index (κ1) is 21.0. The number of ether oxygens (including phenoxy) is 2. The second-order valence-corrected chi connectivity index (χ2v) is 7.29. The Balaban J connectivity index is 2.07. The van der Waals surface area contributed by atoms with E-state index in [-0.39, 0.29) is 24.1 Å². The van der Waals surface area contributed by atoms with Gasteiger partial charge in [0.25, 0.3) is 0 Å². The fraction of sp³-hybridized carbons (Fsp3) is 0.524. The van der Waals surface area contributed by atoms with Crippen LogP contribution in [0.4, 0.5) is 4.79 Å². The Morgan fingerprint density at radius 1 is 1.28 bits per heavy atom. The van der Waals surface area contributed by atoms with E-state index in [4.69, 9.17) is 9.47 Å². The molecule has 1 aromatic rings. The third kappa shape index (κ3) is 4.48. The highest BCUT2D eigenvalue weighted by atomic mass is 16.5. The largest absolute Gasteiger partial charge is 0.504 e. The number of piperidine rings is 1. The molecule has 1 fully saturated rings. The minimum Gasteiger partial charge on any atom is -0.504 e. The maximum Gasteiger partial charge on any atom is 0.338 e. The summed E-state index contributed by atoms with van der Waals surface area (Å²) in [5, 5.41) is 12.8. The molecule has 1 aromatic carbocycles. The van der Waals surface area contributed by atoms with Crippen LogP contribution in [0, 0.1) is 0 Å². The van der Waals surface area contributed by atoms with E-state index in [1.54, 1.807) is 26.1 Å². The van der Waals surface area contributed by atoms with E-state index < -0.39 is 12.0 Å². The van der Waals surface area contributed by atoms with Crippen LogP contribution in [-0.4, -0.2) is 67.3 Å². The number of rotatable bonds is 6. The van der Waals surface area contributed by atoms with E-state index in [9.17, 15) is 14.7 Å². The number of hydrogen-bond donors (Lipinski definition) is 2. The summed E-state index contributed by atoms with van der Waals surface area (Å²) in [6.45, 7) is 4.37. The SMILES string of the molecule is CCOC(=O)C1=C(CN2CCCCC2)N(C)C(=O)NC1c1ccc(O)c(OC)c1. The number of likely N-dealkylation sites (tertiary alicyclic amines) is 1. The lowest BCUT2D eigenvalue weighted by molar-refractivity contribution is -0.139. The summed E-state index contributed by atoms with van der Waals surface area (Å²) >= 11 is 0. The van der Waals surface area contributed by atoms with Crippen LogP contribution in [0.3, 0.4) is 0 Å². The molecule has 2 amide bonds. The van der Waals surface area contributed by atoms with E-state index in [0.29, 0.717) is 23.4 Å². The molecule has 2 aliphatic heterocycles. The monoisotopic (exact) mass is 403 g/mol. The maximum absolute atomic E-state index is 13.0. The molecule has 2 N–H and O–H groups in total. The lowest BCUT2D eigenvalue weighted by atomic mass is 9.93. The minimum atomic E-state index is -0.688. The fourth-order valence-corrected chi connectivity index (χ4v) is 3.85. The number of amides is 2. The molecule has 2 heterocycles. The number of hydrogen-bond acceptors (Lipinski definition) is 6. The highest BCUT2D eigenvalue weighted by Gasteiger charge is 2.37. The number of esters is 1. The number of carbonyl (C=O) groups is 2. The van der Waals surface area contributed by atoms with Crippen molar-refractivity contribution in [3.63, 3.8) is 0 Å². The van der Waals surface area contributed by atoms with Crippen LogP contribution in [0.15, 0.2) is 29.5 Å². The molecule has 158 valence electrons.